The molecule has 0 heterocycles. The maximum atomic E-state index is 13.3. The Labute approximate surface area is 182 Å². The van der Waals surface area contributed by atoms with E-state index in [1.807, 2.05) is 24.3 Å². The van der Waals surface area contributed by atoms with Gasteiger partial charge in [0, 0.05) is 24.1 Å². The summed E-state index contributed by atoms with van der Waals surface area (Å²) < 4.78 is 16.2. The number of hydrogen-bond donors (Lipinski definition) is 4. The van der Waals surface area contributed by atoms with Crippen LogP contribution >= 0.6 is 12.8 Å². The largest absolute Gasteiger partial charge is 0.355 e. The van der Waals surface area contributed by atoms with E-state index in [2.05, 4.69) is 41.9 Å². The van der Waals surface area contributed by atoms with Gasteiger partial charge in [0.1, 0.15) is 5.82 Å². The first kappa shape index (κ1) is 21.8. The van der Waals surface area contributed by atoms with Gasteiger partial charge in [-0.15, -0.1) is 0 Å². The summed E-state index contributed by atoms with van der Waals surface area (Å²) in [6, 6.07) is 16.1. The summed E-state index contributed by atoms with van der Waals surface area (Å²) >= 11 is 4.14. The smallest absolute Gasteiger partial charge is 0.123 e. The second kappa shape index (κ2) is 9.75. The number of thiol groups is 1. The number of allylic oxidation sites excluding steroid dienone is 2. The van der Waals surface area contributed by atoms with E-state index in [1.165, 1.54) is 23.9 Å². The zero-order valence-corrected chi connectivity index (χ0v) is 17.8. The van der Waals surface area contributed by atoms with Gasteiger partial charge in [-0.1, -0.05) is 37.4 Å². The van der Waals surface area contributed by atoms with Crippen LogP contribution in [0.25, 0.3) is 0 Å². The van der Waals surface area contributed by atoms with Crippen LogP contribution < -0.4 is 10.0 Å². The van der Waals surface area contributed by atoms with Crippen LogP contribution in [0.2, 0.25) is 0 Å². The minimum atomic E-state index is -0.284. The van der Waals surface area contributed by atoms with Crippen molar-refractivity contribution in [2.75, 3.05) is 11.9 Å². The molecule has 0 radical (unpaired) electrons. The molecule has 30 heavy (non-hydrogen) atoms. The second-order valence-electron chi connectivity index (χ2n) is 7.77. The lowest BCUT2D eigenvalue weighted by molar-refractivity contribution is 0.376. The maximum absolute atomic E-state index is 13.3. The number of nitrogens with one attached hydrogen (secondary N) is 3. The van der Waals surface area contributed by atoms with E-state index in [-0.39, 0.29) is 11.2 Å². The molecule has 3 N–H and O–H groups in total. The lowest BCUT2D eigenvalue weighted by Gasteiger charge is -2.37. The van der Waals surface area contributed by atoms with E-state index >= 15 is 0 Å². The molecule has 6 heteroatoms. The number of nitrogens with zero attached hydrogens (tertiary/aromatic N) is 1. The third-order valence-electron chi connectivity index (χ3n) is 5.47. The van der Waals surface area contributed by atoms with Gasteiger partial charge < -0.3 is 10.7 Å². The van der Waals surface area contributed by atoms with Crippen molar-refractivity contribution in [2.45, 2.75) is 26.2 Å². The summed E-state index contributed by atoms with van der Waals surface area (Å²) in [7, 11) is 0. The lowest BCUT2D eigenvalue weighted by atomic mass is 9.68. The van der Waals surface area contributed by atoms with Crippen molar-refractivity contribution >= 4 is 24.7 Å². The minimum absolute atomic E-state index is 0.195. The Morgan fingerprint density at radius 1 is 1.27 bits per heavy atom. The molecule has 0 bridgehead atoms. The fourth-order valence-corrected chi connectivity index (χ4v) is 4.06. The predicted molar refractivity (Wildman–Crippen MR) is 123 cm³/mol. The van der Waals surface area contributed by atoms with Crippen LogP contribution in [0.1, 0.15) is 30.9 Å². The van der Waals surface area contributed by atoms with Crippen molar-refractivity contribution in [1.29, 1.82) is 10.7 Å². The Morgan fingerprint density at radius 2 is 2.03 bits per heavy atom. The van der Waals surface area contributed by atoms with Gasteiger partial charge in [0.15, 0.2) is 0 Å². The second-order valence-corrected chi connectivity index (χ2v) is 8.09. The maximum Gasteiger partial charge on any atom is 0.123 e. The Balaban J connectivity index is 1.94. The third kappa shape index (κ3) is 5.18. The minimum Gasteiger partial charge on any atom is -0.355 e. The number of halogens is 1. The molecule has 2 aromatic rings. The quantitative estimate of drug-likeness (QED) is 0.341. The number of nitriles is 1. The molecule has 0 saturated heterocycles. The molecule has 0 fully saturated rings. The van der Waals surface area contributed by atoms with Crippen molar-refractivity contribution in [2.24, 2.45) is 5.41 Å². The first-order valence-electron chi connectivity index (χ1n) is 9.80. The molecule has 1 aliphatic carbocycles. The van der Waals surface area contributed by atoms with Crippen molar-refractivity contribution < 1.29 is 4.39 Å². The lowest BCUT2D eigenvalue weighted by Crippen LogP contribution is -2.29. The first-order valence-corrected chi connectivity index (χ1v) is 10.3. The van der Waals surface area contributed by atoms with Gasteiger partial charge in [0.05, 0.1) is 11.6 Å². The first-order chi connectivity index (χ1) is 14.5. The van der Waals surface area contributed by atoms with Crippen LogP contribution in [0.3, 0.4) is 0 Å². The van der Waals surface area contributed by atoms with Crippen molar-refractivity contribution in [3.05, 3.63) is 88.4 Å². The van der Waals surface area contributed by atoms with Crippen LogP contribution in [-0.4, -0.2) is 12.8 Å². The molecule has 2 aromatic carbocycles. The summed E-state index contributed by atoms with van der Waals surface area (Å²) in [5.74, 6) is -0.284. The molecule has 4 nitrogen and oxygen atoms in total. The summed E-state index contributed by atoms with van der Waals surface area (Å²) in [5.41, 5.74) is 5.31. The van der Waals surface area contributed by atoms with Crippen LogP contribution in [0, 0.1) is 28.0 Å². The Morgan fingerprint density at radius 3 is 2.70 bits per heavy atom. The number of benzene rings is 2. The Kier molecular flexibility index (Phi) is 7.09. The molecule has 1 unspecified atom stereocenters. The zero-order chi connectivity index (χ0) is 21.6. The molecule has 0 amide bonds. The van der Waals surface area contributed by atoms with Crippen molar-refractivity contribution in [3.63, 3.8) is 0 Å². The van der Waals surface area contributed by atoms with E-state index in [9.17, 15) is 9.65 Å². The van der Waals surface area contributed by atoms with Gasteiger partial charge in [-0.3, -0.25) is 4.72 Å². The van der Waals surface area contributed by atoms with Gasteiger partial charge >= 0.3 is 0 Å². The highest BCUT2D eigenvalue weighted by molar-refractivity contribution is 7.78. The fraction of sp³-hybridized carbons (Fsp3) is 0.250. The van der Waals surface area contributed by atoms with Crippen molar-refractivity contribution in [1.82, 2.24) is 4.72 Å². The summed E-state index contributed by atoms with van der Waals surface area (Å²) in [6.07, 6.45) is 5.75. The summed E-state index contributed by atoms with van der Waals surface area (Å²) in [6.45, 7) is 2.92. The molecule has 1 aliphatic rings. The third-order valence-corrected chi connectivity index (χ3v) is 5.70. The van der Waals surface area contributed by atoms with Crippen LogP contribution in [-0.2, 0) is 6.42 Å². The fourth-order valence-electron chi connectivity index (χ4n) is 3.95. The average molecular weight is 421 g/mol. The van der Waals surface area contributed by atoms with Crippen LogP contribution in [0.4, 0.5) is 10.1 Å². The molecule has 0 saturated carbocycles. The summed E-state index contributed by atoms with van der Waals surface area (Å²) in [5, 5.41) is 20.5. The normalized spacial score (nSPS) is 18.5. The summed E-state index contributed by atoms with van der Waals surface area (Å²) in [4.78, 5) is 0. The molecular formula is C24H25FN4S. The molecule has 1 atom stereocenters. The van der Waals surface area contributed by atoms with Gasteiger partial charge in [-0.05, 0) is 78.3 Å². The van der Waals surface area contributed by atoms with Gasteiger partial charge in [0.25, 0.3) is 0 Å². The highest BCUT2D eigenvalue weighted by Crippen LogP contribution is 2.43. The van der Waals surface area contributed by atoms with Gasteiger partial charge in [-0.2, -0.15) is 5.26 Å². The molecule has 3 rings (SSSR count). The molecule has 154 valence electrons. The van der Waals surface area contributed by atoms with E-state index in [1.54, 1.807) is 12.1 Å². The van der Waals surface area contributed by atoms with E-state index in [0.29, 0.717) is 18.5 Å². The number of hydrogen-bond acceptors (Lipinski definition) is 5. The zero-order valence-electron chi connectivity index (χ0n) is 16.9. The average Bonchev–Trinajstić information content (AvgIpc) is 2.75. The number of anilines is 1. The Hall–Kier alpha value is -2.88. The topological polar surface area (TPSA) is 71.7 Å². The SMILES string of the molecule is CC1(Cc2cccc(C#N)c2)CC(C=N)=C(Nc2ccc(F)cc2)C=C1CCNS. The predicted octanol–water partition coefficient (Wildman–Crippen LogP) is 5.42. The molecular weight excluding hydrogens is 395 g/mol. The Bertz CT molecular complexity index is 1020. The van der Waals surface area contributed by atoms with E-state index in [4.69, 9.17) is 5.41 Å². The standard InChI is InChI=1S/C24H25FN4S/c1-24(13-17-3-2-4-18(11-17)15-26)14-19(16-27)23(12-20(24)9-10-28-30)29-22-7-5-21(25)6-8-22/h2-8,11-12,16,27-30H,9-10,13-14H2,1H3. The monoisotopic (exact) mass is 420 g/mol. The van der Waals surface area contributed by atoms with Gasteiger partial charge in [-0.25, -0.2) is 4.39 Å². The number of rotatable bonds is 8. The van der Waals surface area contributed by atoms with Crippen LogP contribution in [0.5, 0.6) is 0 Å². The highest BCUT2D eigenvalue weighted by atomic mass is 32.1. The van der Waals surface area contributed by atoms with Crippen LogP contribution in [0.15, 0.2) is 71.5 Å². The molecule has 0 spiro atoms. The van der Waals surface area contributed by atoms with Gasteiger partial charge in [0.2, 0.25) is 0 Å². The highest BCUT2D eigenvalue weighted by Gasteiger charge is 2.34. The molecule has 0 aliphatic heterocycles. The van der Waals surface area contributed by atoms with E-state index in [0.717, 1.165) is 35.4 Å². The van der Waals surface area contributed by atoms with Crippen molar-refractivity contribution in [3.8, 4) is 6.07 Å². The molecule has 0 aromatic heterocycles. The van der Waals surface area contributed by atoms with E-state index < -0.39 is 0 Å².